The van der Waals surface area contributed by atoms with Gasteiger partial charge >= 0.3 is 6.18 Å². The molecule has 0 aliphatic rings. The van der Waals surface area contributed by atoms with Gasteiger partial charge in [-0.25, -0.2) is 4.39 Å². The molecule has 0 saturated heterocycles. The normalized spacial score (nSPS) is 13.6. The van der Waals surface area contributed by atoms with Crippen LogP contribution in [0.3, 0.4) is 0 Å². The summed E-state index contributed by atoms with van der Waals surface area (Å²) in [7, 11) is -0.994. The molecule has 0 heterocycles. The first-order chi connectivity index (χ1) is 8.30. The lowest BCUT2D eigenvalue weighted by Crippen LogP contribution is -2.22. The molecule has 7 heteroatoms. The van der Waals surface area contributed by atoms with Crippen molar-refractivity contribution in [1.29, 1.82) is 0 Å². The number of hydrogen-bond donors (Lipinski definition) is 1. The molecule has 1 N–H and O–H groups in total. The number of hydrogen-bond acceptors (Lipinski definition) is 2. The van der Waals surface area contributed by atoms with Crippen molar-refractivity contribution in [3.63, 3.8) is 0 Å². The van der Waals surface area contributed by atoms with Gasteiger partial charge in [0.1, 0.15) is 5.82 Å². The maximum absolute atomic E-state index is 12.8. The summed E-state index contributed by atoms with van der Waals surface area (Å²) in [6.07, 6.45) is -3.06. The maximum atomic E-state index is 12.8. The van der Waals surface area contributed by atoms with Gasteiger partial charge in [0.25, 0.3) is 0 Å². The smallest absolute Gasteiger partial charge is 0.312 e. The molecular formula is C11H13F4NOS. The summed E-state index contributed by atoms with van der Waals surface area (Å²) in [5.41, 5.74) is -1.00. The molecule has 0 aliphatic heterocycles. The Hall–Kier alpha value is -0.950. The van der Waals surface area contributed by atoms with Crippen LogP contribution in [0.5, 0.6) is 0 Å². The summed E-state index contributed by atoms with van der Waals surface area (Å²) >= 11 is 0. The molecule has 18 heavy (non-hydrogen) atoms. The van der Waals surface area contributed by atoms with Gasteiger partial charge in [-0.3, -0.25) is 4.21 Å². The predicted octanol–water partition coefficient (Wildman–Crippen LogP) is 2.31. The summed E-state index contributed by atoms with van der Waals surface area (Å²) in [6.45, 7) is 0.310. The molecule has 0 aromatic heterocycles. The molecule has 2 nitrogen and oxygen atoms in total. The fourth-order valence-corrected chi connectivity index (χ4v) is 1.84. The topological polar surface area (TPSA) is 29.1 Å². The molecule has 0 spiro atoms. The number of nitrogens with one attached hydrogen (secondary N) is 1. The Balaban J connectivity index is 2.73. The average molecular weight is 283 g/mol. The number of benzene rings is 1. The maximum Gasteiger partial charge on any atom is 0.416 e. The Morgan fingerprint density at radius 2 is 2.00 bits per heavy atom. The summed E-state index contributed by atoms with van der Waals surface area (Å²) in [5, 5.41) is 2.75. The van der Waals surface area contributed by atoms with Crippen molar-refractivity contribution in [1.82, 2.24) is 5.32 Å². The van der Waals surface area contributed by atoms with E-state index in [1.165, 1.54) is 6.26 Å². The Bertz CT molecular complexity index is 434. The van der Waals surface area contributed by atoms with E-state index in [0.717, 1.165) is 12.1 Å². The number of rotatable bonds is 5. The SMILES string of the molecule is CS(=O)CCNCc1ccc(F)cc1C(F)(F)F. The highest BCUT2D eigenvalue weighted by atomic mass is 32.2. The van der Waals surface area contributed by atoms with E-state index in [1.807, 2.05) is 0 Å². The first kappa shape index (κ1) is 15.1. The molecular weight excluding hydrogens is 270 g/mol. The van der Waals surface area contributed by atoms with Gasteiger partial charge in [0.15, 0.2) is 0 Å². The van der Waals surface area contributed by atoms with Crippen LogP contribution in [0, 0.1) is 5.82 Å². The molecule has 1 aromatic rings. The molecule has 1 atom stereocenters. The lowest BCUT2D eigenvalue weighted by Gasteiger charge is -2.13. The van der Waals surface area contributed by atoms with Gasteiger partial charge in [-0.2, -0.15) is 13.2 Å². The Morgan fingerprint density at radius 1 is 1.33 bits per heavy atom. The minimum atomic E-state index is -4.58. The molecule has 1 unspecified atom stereocenters. The molecule has 0 aliphatic carbocycles. The fraction of sp³-hybridized carbons (Fsp3) is 0.455. The third-order valence-corrected chi connectivity index (χ3v) is 3.04. The molecule has 1 rings (SSSR count). The first-order valence-corrected chi connectivity index (χ1v) is 6.90. The van der Waals surface area contributed by atoms with E-state index in [4.69, 9.17) is 0 Å². The van der Waals surface area contributed by atoms with Gasteiger partial charge in [0.2, 0.25) is 0 Å². The minimum Gasteiger partial charge on any atom is -0.312 e. The molecule has 1 aromatic carbocycles. The van der Waals surface area contributed by atoms with Gasteiger partial charge in [-0.15, -0.1) is 0 Å². The van der Waals surface area contributed by atoms with Crippen molar-refractivity contribution in [2.75, 3.05) is 18.6 Å². The Kier molecular flexibility index (Phi) is 5.28. The van der Waals surface area contributed by atoms with E-state index < -0.39 is 28.4 Å². The quantitative estimate of drug-likeness (QED) is 0.663. The second kappa shape index (κ2) is 6.29. The van der Waals surface area contributed by atoms with Crippen molar-refractivity contribution < 1.29 is 21.8 Å². The number of halogens is 4. The zero-order valence-electron chi connectivity index (χ0n) is 9.68. The standard InChI is InChI=1S/C11H13F4NOS/c1-18(17)5-4-16-7-8-2-3-9(12)6-10(8)11(13,14)15/h2-3,6,16H,4-5,7H2,1H3. The highest BCUT2D eigenvalue weighted by Crippen LogP contribution is 2.32. The Morgan fingerprint density at radius 3 is 2.56 bits per heavy atom. The van der Waals surface area contributed by atoms with Crippen LogP contribution in [-0.4, -0.2) is 22.8 Å². The molecule has 0 bridgehead atoms. The second-order valence-electron chi connectivity index (χ2n) is 3.75. The van der Waals surface area contributed by atoms with E-state index in [2.05, 4.69) is 5.32 Å². The highest BCUT2D eigenvalue weighted by molar-refractivity contribution is 7.84. The van der Waals surface area contributed by atoms with Crippen LogP contribution in [0.4, 0.5) is 17.6 Å². The molecule has 0 fully saturated rings. The van der Waals surface area contributed by atoms with Crippen LogP contribution in [-0.2, 0) is 23.5 Å². The van der Waals surface area contributed by atoms with E-state index >= 15 is 0 Å². The number of alkyl halides is 3. The fourth-order valence-electron chi connectivity index (χ4n) is 1.41. The van der Waals surface area contributed by atoms with Crippen molar-refractivity contribution in [2.24, 2.45) is 0 Å². The predicted molar refractivity (Wildman–Crippen MR) is 62.0 cm³/mol. The van der Waals surface area contributed by atoms with Gasteiger partial charge in [0.05, 0.1) is 5.56 Å². The minimum absolute atomic E-state index is 0.0224. The van der Waals surface area contributed by atoms with Crippen LogP contribution >= 0.6 is 0 Å². The van der Waals surface area contributed by atoms with Gasteiger partial charge in [-0.1, -0.05) is 6.07 Å². The monoisotopic (exact) mass is 283 g/mol. The lowest BCUT2D eigenvalue weighted by atomic mass is 10.1. The third-order valence-electron chi connectivity index (χ3n) is 2.26. The summed E-state index contributed by atoms with van der Waals surface area (Å²) in [5.74, 6) is -0.552. The largest absolute Gasteiger partial charge is 0.416 e. The van der Waals surface area contributed by atoms with E-state index in [-0.39, 0.29) is 12.1 Å². The highest BCUT2D eigenvalue weighted by Gasteiger charge is 2.33. The van der Waals surface area contributed by atoms with Crippen molar-refractivity contribution in [3.05, 3.63) is 35.1 Å². The zero-order valence-corrected chi connectivity index (χ0v) is 10.5. The average Bonchev–Trinajstić information content (AvgIpc) is 2.24. The van der Waals surface area contributed by atoms with Gasteiger partial charge in [-0.05, 0) is 17.7 Å². The second-order valence-corrected chi connectivity index (χ2v) is 5.31. The van der Waals surface area contributed by atoms with Crippen molar-refractivity contribution in [2.45, 2.75) is 12.7 Å². The van der Waals surface area contributed by atoms with E-state index in [0.29, 0.717) is 18.4 Å². The Labute approximate surface area is 105 Å². The van der Waals surface area contributed by atoms with Crippen molar-refractivity contribution >= 4 is 10.8 Å². The molecule has 0 amide bonds. The summed E-state index contributed by atoms with van der Waals surface area (Å²) < 4.78 is 61.4. The summed E-state index contributed by atoms with van der Waals surface area (Å²) in [6, 6.07) is 2.58. The van der Waals surface area contributed by atoms with Crippen LogP contribution in [0.15, 0.2) is 18.2 Å². The van der Waals surface area contributed by atoms with Crippen molar-refractivity contribution in [3.8, 4) is 0 Å². The molecule has 0 radical (unpaired) electrons. The zero-order chi connectivity index (χ0) is 13.8. The lowest BCUT2D eigenvalue weighted by molar-refractivity contribution is -0.138. The van der Waals surface area contributed by atoms with Gasteiger partial charge < -0.3 is 5.32 Å². The molecule has 102 valence electrons. The van der Waals surface area contributed by atoms with E-state index in [9.17, 15) is 21.8 Å². The van der Waals surface area contributed by atoms with Crippen LogP contribution in [0.25, 0.3) is 0 Å². The van der Waals surface area contributed by atoms with Crippen LogP contribution in [0.1, 0.15) is 11.1 Å². The third kappa shape index (κ3) is 4.73. The molecule has 0 saturated carbocycles. The summed E-state index contributed by atoms with van der Waals surface area (Å²) in [4.78, 5) is 0. The van der Waals surface area contributed by atoms with E-state index in [1.54, 1.807) is 0 Å². The first-order valence-electron chi connectivity index (χ1n) is 5.17. The van der Waals surface area contributed by atoms with Gasteiger partial charge in [0, 0.05) is 35.9 Å². The van der Waals surface area contributed by atoms with Crippen LogP contribution in [0.2, 0.25) is 0 Å². The van der Waals surface area contributed by atoms with Crippen LogP contribution < -0.4 is 5.32 Å².